The maximum Gasteiger partial charge on any atom is 0.225 e. The number of nitrogens with one attached hydrogen (secondary N) is 2. The summed E-state index contributed by atoms with van der Waals surface area (Å²) in [7, 11) is 4.78. The zero-order valence-corrected chi connectivity index (χ0v) is 12.2. The zero-order chi connectivity index (χ0) is 14.8. The number of rotatable bonds is 9. The van der Waals surface area contributed by atoms with Crippen LogP contribution in [0.4, 0.5) is 5.69 Å². The van der Waals surface area contributed by atoms with Crippen molar-refractivity contribution < 1.29 is 19.0 Å². The maximum absolute atomic E-state index is 11.8. The lowest BCUT2D eigenvalue weighted by Crippen LogP contribution is -2.24. The predicted octanol–water partition coefficient (Wildman–Crippen LogP) is 1.27. The number of methoxy groups -OCH3 is 3. The molecule has 2 N–H and O–H groups in total. The third-order valence-corrected chi connectivity index (χ3v) is 2.69. The third kappa shape index (κ3) is 5.46. The quantitative estimate of drug-likeness (QED) is 0.668. The van der Waals surface area contributed by atoms with Crippen LogP contribution in [0.15, 0.2) is 18.2 Å². The van der Waals surface area contributed by atoms with E-state index in [1.807, 2.05) is 0 Å². The molecule has 1 aromatic rings. The maximum atomic E-state index is 11.8. The minimum Gasteiger partial charge on any atom is -0.497 e. The van der Waals surface area contributed by atoms with Crippen molar-refractivity contribution in [2.75, 3.05) is 46.3 Å². The number of carbonyl (C=O) groups excluding carboxylic acids is 1. The second kappa shape index (κ2) is 9.17. The fourth-order valence-corrected chi connectivity index (χ4v) is 1.62. The van der Waals surface area contributed by atoms with Gasteiger partial charge in [-0.05, 0) is 12.1 Å². The monoisotopic (exact) mass is 282 g/mol. The molecule has 6 heteroatoms. The van der Waals surface area contributed by atoms with Crippen molar-refractivity contribution in [1.82, 2.24) is 5.32 Å². The summed E-state index contributed by atoms with van der Waals surface area (Å²) in [6.45, 7) is 1.97. The summed E-state index contributed by atoms with van der Waals surface area (Å²) in [5.74, 6) is 1.18. The van der Waals surface area contributed by atoms with Gasteiger partial charge in [-0.25, -0.2) is 0 Å². The summed E-state index contributed by atoms with van der Waals surface area (Å²) in [5.41, 5.74) is 0.634. The van der Waals surface area contributed by atoms with Crippen molar-refractivity contribution in [2.45, 2.75) is 6.42 Å². The Hall–Kier alpha value is -1.79. The Labute approximate surface area is 119 Å². The SMILES string of the molecule is COCCNCCC(=O)Nc1ccc(OC)cc1OC. The summed E-state index contributed by atoms with van der Waals surface area (Å²) in [4.78, 5) is 11.8. The van der Waals surface area contributed by atoms with Crippen LogP contribution in [0.5, 0.6) is 11.5 Å². The second-order valence-corrected chi connectivity index (χ2v) is 4.11. The van der Waals surface area contributed by atoms with Gasteiger partial charge in [-0.15, -0.1) is 0 Å². The highest BCUT2D eigenvalue weighted by molar-refractivity contribution is 5.92. The topological polar surface area (TPSA) is 68.8 Å². The van der Waals surface area contributed by atoms with Crippen LogP contribution in [0.2, 0.25) is 0 Å². The van der Waals surface area contributed by atoms with Crippen LogP contribution in [0.1, 0.15) is 6.42 Å². The smallest absolute Gasteiger partial charge is 0.225 e. The minimum absolute atomic E-state index is 0.0709. The van der Waals surface area contributed by atoms with Crippen LogP contribution < -0.4 is 20.1 Å². The van der Waals surface area contributed by atoms with E-state index in [4.69, 9.17) is 14.2 Å². The average molecular weight is 282 g/mol. The first-order chi connectivity index (χ1) is 9.71. The van der Waals surface area contributed by atoms with Gasteiger partial charge in [0.15, 0.2) is 0 Å². The molecule has 0 atom stereocenters. The number of hydrogen-bond acceptors (Lipinski definition) is 5. The molecule has 0 aliphatic carbocycles. The molecule has 0 saturated heterocycles. The van der Waals surface area contributed by atoms with Crippen molar-refractivity contribution in [3.05, 3.63) is 18.2 Å². The number of benzene rings is 1. The molecule has 0 saturated carbocycles. The van der Waals surface area contributed by atoms with Gasteiger partial charge in [0.2, 0.25) is 5.91 Å². The van der Waals surface area contributed by atoms with Gasteiger partial charge in [0.05, 0.1) is 26.5 Å². The molecule has 20 heavy (non-hydrogen) atoms. The molecule has 1 rings (SSSR count). The van der Waals surface area contributed by atoms with Crippen molar-refractivity contribution in [2.24, 2.45) is 0 Å². The molecule has 0 aliphatic heterocycles. The Morgan fingerprint density at radius 3 is 2.60 bits per heavy atom. The predicted molar refractivity (Wildman–Crippen MR) is 77.5 cm³/mol. The van der Waals surface area contributed by atoms with E-state index < -0.39 is 0 Å². The minimum atomic E-state index is -0.0709. The molecule has 1 amide bonds. The number of carbonyl (C=O) groups is 1. The molecule has 0 radical (unpaired) electrons. The summed E-state index contributed by atoms with van der Waals surface area (Å²) in [5, 5.41) is 5.93. The Bertz CT molecular complexity index is 424. The second-order valence-electron chi connectivity index (χ2n) is 4.11. The van der Waals surface area contributed by atoms with Crippen molar-refractivity contribution in [3.63, 3.8) is 0 Å². The fraction of sp³-hybridized carbons (Fsp3) is 0.500. The molecule has 0 heterocycles. The van der Waals surface area contributed by atoms with E-state index in [1.165, 1.54) is 0 Å². The van der Waals surface area contributed by atoms with Crippen LogP contribution in [-0.2, 0) is 9.53 Å². The van der Waals surface area contributed by atoms with Gasteiger partial charge in [-0.2, -0.15) is 0 Å². The van der Waals surface area contributed by atoms with E-state index in [0.717, 1.165) is 6.54 Å². The normalized spacial score (nSPS) is 10.2. The Morgan fingerprint density at radius 1 is 1.15 bits per heavy atom. The number of ether oxygens (including phenoxy) is 3. The van der Waals surface area contributed by atoms with E-state index >= 15 is 0 Å². The van der Waals surface area contributed by atoms with Crippen LogP contribution in [0.3, 0.4) is 0 Å². The standard InChI is InChI=1S/C14H22N2O4/c1-18-9-8-15-7-6-14(17)16-12-5-4-11(19-2)10-13(12)20-3/h4-5,10,15H,6-9H2,1-3H3,(H,16,17). The molecule has 0 aromatic heterocycles. The van der Waals surface area contributed by atoms with E-state index in [2.05, 4.69) is 10.6 Å². The van der Waals surface area contributed by atoms with Crippen LogP contribution >= 0.6 is 0 Å². The summed E-state index contributed by atoms with van der Waals surface area (Å²) < 4.78 is 15.2. The molecular weight excluding hydrogens is 260 g/mol. The van der Waals surface area contributed by atoms with Crippen molar-refractivity contribution >= 4 is 11.6 Å². The number of hydrogen-bond donors (Lipinski definition) is 2. The Kier molecular flexibility index (Phi) is 7.46. The van der Waals surface area contributed by atoms with E-state index in [9.17, 15) is 4.79 Å². The largest absolute Gasteiger partial charge is 0.497 e. The van der Waals surface area contributed by atoms with Crippen molar-refractivity contribution in [3.8, 4) is 11.5 Å². The Morgan fingerprint density at radius 2 is 1.95 bits per heavy atom. The first-order valence-corrected chi connectivity index (χ1v) is 6.42. The van der Waals surface area contributed by atoms with Gasteiger partial charge in [0, 0.05) is 32.7 Å². The zero-order valence-electron chi connectivity index (χ0n) is 12.2. The molecule has 0 aliphatic rings. The van der Waals surface area contributed by atoms with Gasteiger partial charge in [-0.1, -0.05) is 0 Å². The summed E-state index contributed by atoms with van der Waals surface area (Å²) in [6.07, 6.45) is 0.388. The van der Waals surface area contributed by atoms with Crippen LogP contribution in [-0.4, -0.2) is 46.9 Å². The number of amides is 1. The summed E-state index contributed by atoms with van der Waals surface area (Å²) >= 11 is 0. The molecular formula is C14H22N2O4. The Balaban J connectivity index is 2.45. The van der Waals surface area contributed by atoms with Crippen LogP contribution in [0, 0.1) is 0 Å². The number of anilines is 1. The highest BCUT2D eigenvalue weighted by atomic mass is 16.5. The van der Waals surface area contributed by atoms with E-state index in [1.54, 1.807) is 39.5 Å². The molecule has 0 fully saturated rings. The molecule has 0 unspecified atom stereocenters. The molecule has 112 valence electrons. The van der Waals surface area contributed by atoms with E-state index in [-0.39, 0.29) is 5.91 Å². The fourth-order valence-electron chi connectivity index (χ4n) is 1.62. The lowest BCUT2D eigenvalue weighted by Gasteiger charge is -2.11. The van der Waals surface area contributed by atoms with Gasteiger partial charge in [-0.3, -0.25) is 4.79 Å². The highest BCUT2D eigenvalue weighted by Crippen LogP contribution is 2.28. The molecule has 0 spiro atoms. The summed E-state index contributed by atoms with van der Waals surface area (Å²) in [6, 6.07) is 5.26. The first-order valence-electron chi connectivity index (χ1n) is 6.42. The first kappa shape index (κ1) is 16.3. The lowest BCUT2D eigenvalue weighted by molar-refractivity contribution is -0.116. The highest BCUT2D eigenvalue weighted by Gasteiger charge is 2.08. The van der Waals surface area contributed by atoms with Gasteiger partial charge >= 0.3 is 0 Å². The molecule has 6 nitrogen and oxygen atoms in total. The third-order valence-electron chi connectivity index (χ3n) is 2.69. The van der Waals surface area contributed by atoms with Gasteiger partial charge < -0.3 is 24.8 Å². The van der Waals surface area contributed by atoms with Crippen molar-refractivity contribution in [1.29, 1.82) is 0 Å². The average Bonchev–Trinajstić information content (AvgIpc) is 2.47. The van der Waals surface area contributed by atoms with E-state index in [0.29, 0.717) is 36.8 Å². The van der Waals surface area contributed by atoms with Crippen LogP contribution in [0.25, 0.3) is 0 Å². The lowest BCUT2D eigenvalue weighted by atomic mass is 10.2. The van der Waals surface area contributed by atoms with Gasteiger partial charge in [0.1, 0.15) is 11.5 Å². The van der Waals surface area contributed by atoms with Gasteiger partial charge in [0.25, 0.3) is 0 Å². The molecule has 0 bridgehead atoms. The molecule has 1 aromatic carbocycles.